The predicted octanol–water partition coefficient (Wildman–Crippen LogP) is 10.9. The minimum absolute atomic E-state index is 0.324. The van der Waals surface area contributed by atoms with E-state index in [1.807, 2.05) is 0 Å². The van der Waals surface area contributed by atoms with Gasteiger partial charge in [-0.3, -0.25) is 0 Å². The molecule has 0 heterocycles. The van der Waals surface area contributed by atoms with Crippen LogP contribution in [0.5, 0.6) is 0 Å². The zero-order valence-corrected chi connectivity index (χ0v) is 23.6. The molecular formula is C30H62. The van der Waals surface area contributed by atoms with E-state index in [0.717, 1.165) is 23.7 Å². The lowest BCUT2D eigenvalue weighted by Gasteiger charge is -2.63. The van der Waals surface area contributed by atoms with Gasteiger partial charge in [0.1, 0.15) is 0 Å². The molecule has 30 heavy (non-hydrogen) atoms. The van der Waals surface area contributed by atoms with E-state index in [-0.39, 0.29) is 0 Å². The molecule has 0 radical (unpaired) electrons. The molecule has 0 amide bonds. The van der Waals surface area contributed by atoms with Crippen LogP contribution in [0.15, 0.2) is 0 Å². The van der Waals surface area contributed by atoms with E-state index >= 15 is 0 Å². The molecule has 0 aliphatic carbocycles. The molecule has 0 fully saturated rings. The van der Waals surface area contributed by atoms with Crippen molar-refractivity contribution in [1.29, 1.82) is 0 Å². The van der Waals surface area contributed by atoms with E-state index in [9.17, 15) is 0 Å². The fraction of sp³-hybridized carbons (Fsp3) is 1.00. The van der Waals surface area contributed by atoms with Crippen molar-refractivity contribution >= 4 is 0 Å². The van der Waals surface area contributed by atoms with Gasteiger partial charge in [-0.2, -0.15) is 0 Å². The number of hydrogen-bond acceptors (Lipinski definition) is 0. The van der Waals surface area contributed by atoms with Crippen molar-refractivity contribution in [3.05, 3.63) is 0 Å². The van der Waals surface area contributed by atoms with E-state index in [1.54, 1.807) is 0 Å². The maximum Gasteiger partial charge on any atom is -0.0166 e. The van der Waals surface area contributed by atoms with Gasteiger partial charge in [0.2, 0.25) is 0 Å². The van der Waals surface area contributed by atoms with Crippen molar-refractivity contribution in [2.75, 3.05) is 0 Å². The Balaban J connectivity index is 6.73. The minimum Gasteiger partial charge on any atom is -0.0654 e. The molecule has 0 aliphatic heterocycles. The summed E-state index contributed by atoms with van der Waals surface area (Å²) in [6.45, 7) is 30.1. The Labute approximate surface area is 193 Å². The van der Waals surface area contributed by atoms with E-state index in [2.05, 4.69) is 83.1 Å². The molecule has 0 saturated heterocycles. The van der Waals surface area contributed by atoms with Crippen LogP contribution >= 0.6 is 0 Å². The molecule has 0 bridgehead atoms. The number of unbranched alkanes of at least 4 members (excludes halogenated alkanes) is 3. The summed E-state index contributed by atoms with van der Waals surface area (Å²) in [5, 5.41) is 0. The van der Waals surface area contributed by atoms with Gasteiger partial charge in [0, 0.05) is 0 Å². The fourth-order valence-corrected chi connectivity index (χ4v) is 7.38. The van der Waals surface area contributed by atoms with E-state index in [0.29, 0.717) is 16.2 Å². The first-order chi connectivity index (χ1) is 13.8. The van der Waals surface area contributed by atoms with E-state index in [4.69, 9.17) is 0 Å². The summed E-state index contributed by atoms with van der Waals surface area (Å²) in [6.07, 6.45) is 15.2. The van der Waals surface area contributed by atoms with Crippen molar-refractivity contribution in [3.63, 3.8) is 0 Å². The molecule has 0 aromatic carbocycles. The second-order valence-electron chi connectivity index (χ2n) is 13.0. The van der Waals surface area contributed by atoms with Gasteiger partial charge in [0.25, 0.3) is 0 Å². The van der Waals surface area contributed by atoms with Crippen LogP contribution in [0.2, 0.25) is 0 Å². The van der Waals surface area contributed by atoms with Gasteiger partial charge >= 0.3 is 0 Å². The fourth-order valence-electron chi connectivity index (χ4n) is 7.38. The van der Waals surface area contributed by atoms with Gasteiger partial charge in [0.05, 0.1) is 0 Å². The average molecular weight is 423 g/mol. The summed E-state index contributed by atoms with van der Waals surface area (Å²) in [6, 6.07) is 0. The quantitative estimate of drug-likeness (QED) is 0.217. The molecule has 0 rings (SSSR count). The summed E-state index contributed by atoms with van der Waals surface area (Å²) < 4.78 is 0. The highest BCUT2D eigenvalue weighted by atomic mass is 14.6. The predicted molar refractivity (Wildman–Crippen MR) is 140 cm³/mol. The highest BCUT2D eigenvalue weighted by molar-refractivity contribution is 5.06. The zero-order chi connectivity index (χ0) is 23.6. The van der Waals surface area contributed by atoms with Crippen LogP contribution < -0.4 is 0 Å². The Kier molecular flexibility index (Phi) is 13.5. The highest BCUT2D eigenvalue weighted by Crippen LogP contribution is 2.65. The third-order valence-corrected chi connectivity index (χ3v) is 8.30. The molecule has 0 spiro atoms. The Hall–Kier alpha value is 0. The Morgan fingerprint density at radius 3 is 1.63 bits per heavy atom. The Bertz CT molecular complexity index is 426. The molecular weight excluding hydrogens is 360 g/mol. The molecule has 0 nitrogen and oxygen atoms in total. The van der Waals surface area contributed by atoms with Gasteiger partial charge in [-0.05, 0) is 72.0 Å². The lowest BCUT2D eigenvalue weighted by Crippen LogP contribution is -2.55. The summed E-state index contributed by atoms with van der Waals surface area (Å²) in [5.74, 6) is 3.19. The second kappa shape index (κ2) is 13.5. The first kappa shape index (κ1) is 30.0. The highest BCUT2D eigenvalue weighted by Gasteiger charge is 2.57. The third-order valence-electron chi connectivity index (χ3n) is 8.30. The van der Waals surface area contributed by atoms with Crippen LogP contribution in [0.25, 0.3) is 0 Å². The van der Waals surface area contributed by atoms with E-state index in [1.165, 1.54) is 70.6 Å². The smallest absolute Gasteiger partial charge is 0.0166 e. The number of hydrogen-bond donors (Lipinski definition) is 0. The SMILES string of the molecule is CCCCCC(CC(C)C)C(CCCC)(C(C)(C)C)C(C)(CC(C)C)CC(C)CC. The molecule has 0 N–H and O–H groups in total. The first-order valence-corrected chi connectivity index (χ1v) is 13.8. The Morgan fingerprint density at radius 1 is 0.667 bits per heavy atom. The van der Waals surface area contributed by atoms with Crippen LogP contribution in [-0.4, -0.2) is 0 Å². The van der Waals surface area contributed by atoms with Crippen LogP contribution in [0.3, 0.4) is 0 Å². The monoisotopic (exact) mass is 422 g/mol. The van der Waals surface area contributed by atoms with Crippen LogP contribution in [0, 0.1) is 39.9 Å². The van der Waals surface area contributed by atoms with Crippen molar-refractivity contribution in [2.24, 2.45) is 39.9 Å². The number of rotatable bonds is 16. The molecule has 0 saturated carbocycles. The summed E-state index contributed by atoms with van der Waals surface area (Å²) in [7, 11) is 0. The van der Waals surface area contributed by atoms with Crippen molar-refractivity contribution < 1.29 is 0 Å². The van der Waals surface area contributed by atoms with Crippen molar-refractivity contribution in [1.82, 2.24) is 0 Å². The third kappa shape index (κ3) is 8.16. The topological polar surface area (TPSA) is 0 Å². The largest absolute Gasteiger partial charge is 0.0654 e. The molecule has 4 atom stereocenters. The molecule has 0 aromatic rings. The van der Waals surface area contributed by atoms with Crippen molar-refractivity contribution in [2.45, 2.75) is 154 Å². The Morgan fingerprint density at radius 2 is 1.23 bits per heavy atom. The first-order valence-electron chi connectivity index (χ1n) is 13.8. The standard InChI is InChI=1S/C30H62/c1-13-16-18-19-27(21-24(4)5)30(20-17-14-2,28(9,10)11)29(12,22-25(6)7)23-26(8)15-3/h24-27H,13-23H2,1-12H3. The molecule has 0 aromatic heterocycles. The van der Waals surface area contributed by atoms with Crippen molar-refractivity contribution in [3.8, 4) is 0 Å². The van der Waals surface area contributed by atoms with Gasteiger partial charge in [-0.15, -0.1) is 0 Å². The van der Waals surface area contributed by atoms with Gasteiger partial charge in [-0.25, -0.2) is 0 Å². The minimum atomic E-state index is 0.324. The van der Waals surface area contributed by atoms with Crippen LogP contribution in [0.1, 0.15) is 154 Å². The lowest BCUT2D eigenvalue weighted by atomic mass is 9.42. The summed E-state index contributed by atoms with van der Waals surface area (Å²) in [4.78, 5) is 0. The molecule has 182 valence electrons. The van der Waals surface area contributed by atoms with Crippen LogP contribution in [0.4, 0.5) is 0 Å². The van der Waals surface area contributed by atoms with E-state index < -0.39 is 0 Å². The molecule has 0 heteroatoms. The maximum absolute atomic E-state index is 2.73. The lowest BCUT2D eigenvalue weighted by molar-refractivity contribution is -0.138. The van der Waals surface area contributed by atoms with Crippen LogP contribution in [-0.2, 0) is 0 Å². The normalized spacial score (nSPS) is 19.0. The summed E-state index contributed by atoms with van der Waals surface area (Å²) >= 11 is 0. The van der Waals surface area contributed by atoms with Gasteiger partial charge in [0.15, 0.2) is 0 Å². The molecule has 0 aliphatic rings. The van der Waals surface area contributed by atoms with Gasteiger partial charge < -0.3 is 0 Å². The summed E-state index contributed by atoms with van der Waals surface area (Å²) in [5.41, 5.74) is 1.13. The maximum atomic E-state index is 2.73. The average Bonchev–Trinajstić information content (AvgIpc) is 2.59. The molecule has 4 unspecified atom stereocenters. The zero-order valence-electron chi connectivity index (χ0n) is 23.6. The second-order valence-corrected chi connectivity index (χ2v) is 13.0. The van der Waals surface area contributed by atoms with Gasteiger partial charge in [-0.1, -0.05) is 122 Å².